The van der Waals surface area contributed by atoms with Crippen molar-refractivity contribution < 1.29 is 9.18 Å². The van der Waals surface area contributed by atoms with Gasteiger partial charge in [0.25, 0.3) is 0 Å². The van der Waals surface area contributed by atoms with Gasteiger partial charge in [0.2, 0.25) is 5.91 Å². The quantitative estimate of drug-likeness (QED) is 0.400. The summed E-state index contributed by atoms with van der Waals surface area (Å²) in [6.45, 7) is 2.18. The second-order valence-electron chi connectivity index (χ2n) is 9.22. The number of hydrogen-bond acceptors (Lipinski definition) is 4. The van der Waals surface area contributed by atoms with Gasteiger partial charge in [-0.3, -0.25) is 19.7 Å². The summed E-state index contributed by atoms with van der Waals surface area (Å²) in [6.07, 6.45) is 10.9. The van der Waals surface area contributed by atoms with Gasteiger partial charge in [0.1, 0.15) is 5.82 Å². The third kappa shape index (κ3) is 4.28. The molecule has 5 nitrogen and oxygen atoms in total. The van der Waals surface area contributed by atoms with Crippen LogP contribution in [0.3, 0.4) is 0 Å². The Morgan fingerprint density at radius 1 is 1.00 bits per heavy atom. The topological polar surface area (TPSA) is 81.8 Å². The molecule has 2 N–H and O–H groups in total. The number of rotatable bonds is 5. The molecule has 1 amide bonds. The first-order valence-electron chi connectivity index (χ1n) is 11.8. The van der Waals surface area contributed by atoms with Gasteiger partial charge >= 0.3 is 0 Å². The van der Waals surface area contributed by atoms with E-state index in [0.29, 0.717) is 17.4 Å². The molecule has 34 heavy (non-hydrogen) atoms. The van der Waals surface area contributed by atoms with Crippen molar-refractivity contribution >= 4 is 16.8 Å². The number of benzene rings is 2. The van der Waals surface area contributed by atoms with E-state index in [4.69, 9.17) is 5.73 Å². The molecule has 2 heterocycles. The van der Waals surface area contributed by atoms with E-state index in [9.17, 15) is 9.18 Å². The molecule has 0 aliphatic heterocycles. The van der Waals surface area contributed by atoms with Crippen molar-refractivity contribution in [3.05, 3.63) is 89.8 Å². The molecular formula is C28H27FN4O. The summed E-state index contributed by atoms with van der Waals surface area (Å²) in [7, 11) is 0. The fourth-order valence-corrected chi connectivity index (χ4v) is 5.45. The predicted molar refractivity (Wildman–Crippen MR) is 131 cm³/mol. The molecule has 0 bridgehead atoms. The molecule has 0 radical (unpaired) electrons. The van der Waals surface area contributed by atoms with Crippen LogP contribution in [0.25, 0.3) is 22.2 Å². The standard InChI is InChI=1S/C28H27FN4O/c1-17(24-14-20(6-8-23(24)28(30)34)27-16-31-12-13-33-27)18-2-4-19(5-3-18)22-10-11-32-26-9-7-21(29)15-25(22)26/h6-19H,2-5H2,1H3,(H2,30,34)/t17-,18?,19?/m1/s1. The van der Waals surface area contributed by atoms with Crippen molar-refractivity contribution in [2.75, 3.05) is 0 Å². The van der Waals surface area contributed by atoms with Gasteiger partial charge in [0, 0.05) is 35.1 Å². The molecule has 4 aromatic rings. The molecule has 1 aliphatic rings. The van der Waals surface area contributed by atoms with Crippen LogP contribution in [-0.4, -0.2) is 20.9 Å². The lowest BCUT2D eigenvalue weighted by Gasteiger charge is -2.34. The van der Waals surface area contributed by atoms with Crippen molar-refractivity contribution in [2.45, 2.75) is 44.4 Å². The third-order valence-corrected chi connectivity index (χ3v) is 7.32. The molecule has 0 unspecified atom stereocenters. The Kier molecular flexibility index (Phi) is 6.05. The SMILES string of the molecule is C[C@@H](c1cc(-c2cnccn2)ccc1C(N)=O)C1CCC(c2ccnc3ccc(F)cc23)CC1. The highest BCUT2D eigenvalue weighted by atomic mass is 19.1. The summed E-state index contributed by atoms with van der Waals surface area (Å²) in [5, 5.41) is 0.909. The van der Waals surface area contributed by atoms with Crippen LogP contribution in [0.2, 0.25) is 0 Å². The van der Waals surface area contributed by atoms with E-state index in [1.54, 1.807) is 30.7 Å². The van der Waals surface area contributed by atoms with Crippen LogP contribution in [0.15, 0.2) is 67.3 Å². The molecule has 1 fully saturated rings. The van der Waals surface area contributed by atoms with Crippen LogP contribution in [-0.2, 0) is 0 Å². The van der Waals surface area contributed by atoms with E-state index >= 15 is 0 Å². The molecule has 1 saturated carbocycles. The second kappa shape index (κ2) is 9.29. The normalized spacial score (nSPS) is 19.1. The lowest BCUT2D eigenvalue weighted by Crippen LogP contribution is -2.22. The van der Waals surface area contributed by atoms with E-state index in [1.165, 1.54) is 11.6 Å². The summed E-state index contributed by atoms with van der Waals surface area (Å²) < 4.78 is 13.9. The molecule has 0 saturated heterocycles. The largest absolute Gasteiger partial charge is 0.366 e. The maximum atomic E-state index is 13.9. The highest BCUT2D eigenvalue weighted by molar-refractivity contribution is 5.95. The lowest BCUT2D eigenvalue weighted by atomic mass is 9.71. The summed E-state index contributed by atoms with van der Waals surface area (Å²) >= 11 is 0. The van der Waals surface area contributed by atoms with E-state index in [1.807, 2.05) is 30.5 Å². The third-order valence-electron chi connectivity index (χ3n) is 7.32. The minimum Gasteiger partial charge on any atom is -0.366 e. The van der Waals surface area contributed by atoms with E-state index in [0.717, 1.165) is 53.4 Å². The predicted octanol–water partition coefficient (Wildman–Crippen LogP) is 6.01. The van der Waals surface area contributed by atoms with Crippen LogP contribution in [0.1, 0.15) is 65.9 Å². The average molecular weight is 455 g/mol. The fourth-order valence-electron chi connectivity index (χ4n) is 5.45. The number of primary amides is 1. The van der Waals surface area contributed by atoms with Crippen molar-refractivity contribution in [1.82, 2.24) is 15.0 Å². The molecule has 172 valence electrons. The van der Waals surface area contributed by atoms with Crippen molar-refractivity contribution in [3.8, 4) is 11.3 Å². The number of carbonyl (C=O) groups is 1. The highest BCUT2D eigenvalue weighted by Gasteiger charge is 2.29. The van der Waals surface area contributed by atoms with Crippen LogP contribution in [0.5, 0.6) is 0 Å². The maximum Gasteiger partial charge on any atom is 0.248 e. The maximum absolute atomic E-state index is 13.9. The first-order valence-corrected chi connectivity index (χ1v) is 11.8. The minimum absolute atomic E-state index is 0.173. The van der Waals surface area contributed by atoms with E-state index < -0.39 is 5.91 Å². The zero-order valence-corrected chi connectivity index (χ0v) is 19.1. The van der Waals surface area contributed by atoms with Gasteiger partial charge in [-0.1, -0.05) is 13.0 Å². The highest BCUT2D eigenvalue weighted by Crippen LogP contribution is 2.44. The number of fused-ring (bicyclic) bond motifs is 1. The molecule has 0 spiro atoms. The van der Waals surface area contributed by atoms with Crippen molar-refractivity contribution in [3.63, 3.8) is 0 Å². The summed E-state index contributed by atoms with van der Waals surface area (Å²) in [4.78, 5) is 25.2. The van der Waals surface area contributed by atoms with Gasteiger partial charge in [-0.15, -0.1) is 0 Å². The summed E-state index contributed by atoms with van der Waals surface area (Å²) in [6, 6.07) is 12.6. The number of nitrogens with zero attached hydrogens (tertiary/aromatic N) is 3. The minimum atomic E-state index is -0.411. The Hall–Kier alpha value is -3.67. The number of amides is 1. The Balaban J connectivity index is 1.39. The Bertz CT molecular complexity index is 1330. The molecular weight excluding hydrogens is 427 g/mol. The van der Waals surface area contributed by atoms with Gasteiger partial charge < -0.3 is 5.73 Å². The Morgan fingerprint density at radius 3 is 2.56 bits per heavy atom. The fraction of sp³-hybridized carbons (Fsp3) is 0.286. The first-order chi connectivity index (χ1) is 16.5. The first kappa shape index (κ1) is 22.1. The molecule has 2 aromatic heterocycles. The van der Waals surface area contributed by atoms with E-state index in [2.05, 4.69) is 21.9 Å². The molecule has 6 heteroatoms. The Morgan fingerprint density at radius 2 is 1.82 bits per heavy atom. The smallest absolute Gasteiger partial charge is 0.248 e. The monoisotopic (exact) mass is 454 g/mol. The zero-order valence-electron chi connectivity index (χ0n) is 19.1. The van der Waals surface area contributed by atoms with Gasteiger partial charge in [0.05, 0.1) is 17.4 Å². The van der Waals surface area contributed by atoms with Crippen molar-refractivity contribution in [1.29, 1.82) is 0 Å². The summed E-state index contributed by atoms with van der Waals surface area (Å²) in [5.74, 6) is 0.331. The zero-order chi connectivity index (χ0) is 23.7. The number of hydrogen-bond donors (Lipinski definition) is 1. The summed E-state index contributed by atoms with van der Waals surface area (Å²) in [5.41, 5.74) is 11.0. The molecule has 5 rings (SSSR count). The average Bonchev–Trinajstić information content (AvgIpc) is 2.88. The lowest BCUT2D eigenvalue weighted by molar-refractivity contribution is 0.0998. The Labute approximate surface area is 198 Å². The van der Waals surface area contributed by atoms with Crippen LogP contribution in [0.4, 0.5) is 4.39 Å². The molecule has 1 atom stereocenters. The van der Waals surface area contributed by atoms with Gasteiger partial charge in [-0.2, -0.15) is 0 Å². The van der Waals surface area contributed by atoms with Gasteiger partial charge in [0.15, 0.2) is 0 Å². The number of carbonyl (C=O) groups excluding carboxylic acids is 1. The van der Waals surface area contributed by atoms with E-state index in [-0.39, 0.29) is 11.7 Å². The van der Waals surface area contributed by atoms with Crippen LogP contribution >= 0.6 is 0 Å². The van der Waals surface area contributed by atoms with Gasteiger partial charge in [-0.25, -0.2) is 4.39 Å². The molecule has 2 aromatic carbocycles. The van der Waals surface area contributed by atoms with Gasteiger partial charge in [-0.05, 0) is 91.0 Å². The number of nitrogens with two attached hydrogens (primary N) is 1. The molecule has 1 aliphatic carbocycles. The van der Waals surface area contributed by atoms with Crippen LogP contribution in [0, 0.1) is 11.7 Å². The van der Waals surface area contributed by atoms with Crippen molar-refractivity contribution in [2.24, 2.45) is 11.7 Å². The number of pyridine rings is 1. The number of halogens is 1. The second-order valence-corrected chi connectivity index (χ2v) is 9.22. The number of aromatic nitrogens is 3. The van der Waals surface area contributed by atoms with Crippen LogP contribution < -0.4 is 5.73 Å².